The molecule has 3 heterocycles. The summed E-state index contributed by atoms with van der Waals surface area (Å²) in [6.07, 6.45) is 6.16. The van der Waals surface area contributed by atoms with Crippen LogP contribution in [0.25, 0.3) is 22.2 Å². The van der Waals surface area contributed by atoms with E-state index >= 15 is 0 Å². The number of hydrogen-bond acceptors (Lipinski definition) is 3. The second kappa shape index (κ2) is 7.03. The number of rotatable bonds is 2. The summed E-state index contributed by atoms with van der Waals surface area (Å²) < 4.78 is 40.9. The van der Waals surface area contributed by atoms with E-state index in [4.69, 9.17) is 21.3 Å². The van der Waals surface area contributed by atoms with Gasteiger partial charge in [0, 0.05) is 46.3 Å². The summed E-state index contributed by atoms with van der Waals surface area (Å²) >= 11 is 0. The van der Waals surface area contributed by atoms with Crippen LogP contribution in [0.5, 0.6) is 0 Å². The number of halogens is 1. The minimum Gasteiger partial charge on any atom is -0.331 e. The van der Waals surface area contributed by atoms with Gasteiger partial charge in [0.25, 0.3) is 5.91 Å². The summed E-state index contributed by atoms with van der Waals surface area (Å²) in [6, 6.07) is 14.5. The van der Waals surface area contributed by atoms with Gasteiger partial charge in [-0.15, -0.1) is 6.42 Å². The minimum atomic E-state index is -2.67. The number of carbonyl (C=O) groups is 1. The SMILES string of the molecule is [2H]C([2H])([2H])N1C(=O)c2cccc(C#C)c2[C@H]2C[C@@H]1c1nc3ccc(-c4ccc(CN)c(F)c4)cc3n12. The zero-order valence-corrected chi connectivity index (χ0v) is 17.5. The number of imidazole rings is 1. The molecule has 2 aliphatic rings. The van der Waals surface area contributed by atoms with E-state index in [9.17, 15) is 9.18 Å². The molecule has 0 spiro atoms. The molecule has 0 radical (unpaired) electrons. The molecule has 0 saturated carbocycles. The summed E-state index contributed by atoms with van der Waals surface area (Å²) in [5.41, 5.74) is 10.4. The monoisotopic (exact) mass is 439 g/mol. The standard InChI is InChI=1S/C27H21FN4O/c1-3-15-5-4-6-19-25(15)23-13-24(31(2)27(19)33)26-30-21-10-9-17(12-22(21)32(23)26)16-7-8-18(14-29)20(28)11-16/h1,4-12,23-24H,13-14,29H2,2H3/t23-,24-/m1/s1/i2D3. The lowest BCUT2D eigenvalue weighted by atomic mass is 9.93. The third kappa shape index (κ3) is 2.69. The van der Waals surface area contributed by atoms with E-state index in [1.54, 1.807) is 24.3 Å². The molecule has 0 saturated heterocycles. The number of hydrogen-bond donors (Lipinski definition) is 1. The lowest BCUT2D eigenvalue weighted by molar-refractivity contribution is 0.0734. The van der Waals surface area contributed by atoms with Crippen molar-refractivity contribution in [3.63, 3.8) is 0 Å². The van der Waals surface area contributed by atoms with Crippen LogP contribution in [0, 0.1) is 18.2 Å². The predicted molar refractivity (Wildman–Crippen MR) is 125 cm³/mol. The van der Waals surface area contributed by atoms with Crippen molar-refractivity contribution in [1.82, 2.24) is 14.5 Å². The average Bonchev–Trinajstić information content (AvgIpc) is 3.35. The van der Waals surface area contributed by atoms with Gasteiger partial charge in [-0.1, -0.05) is 30.2 Å². The average molecular weight is 440 g/mol. The van der Waals surface area contributed by atoms with Crippen molar-refractivity contribution >= 4 is 16.9 Å². The second-order valence-electron chi connectivity index (χ2n) is 8.41. The summed E-state index contributed by atoms with van der Waals surface area (Å²) in [7, 11) is 0. The Hall–Kier alpha value is -3.95. The molecule has 2 N–H and O–H groups in total. The van der Waals surface area contributed by atoms with Crippen molar-refractivity contribution < 1.29 is 13.3 Å². The van der Waals surface area contributed by atoms with Crippen LogP contribution in [0.3, 0.4) is 0 Å². The first-order valence-electron chi connectivity index (χ1n) is 12.2. The lowest BCUT2D eigenvalue weighted by Gasteiger charge is -2.24. The summed E-state index contributed by atoms with van der Waals surface area (Å²) in [6.45, 7) is -2.55. The number of amides is 1. The number of nitrogens with zero attached hydrogens (tertiary/aromatic N) is 3. The van der Waals surface area contributed by atoms with Crippen molar-refractivity contribution in [2.45, 2.75) is 25.0 Å². The predicted octanol–water partition coefficient (Wildman–Crippen LogP) is 4.40. The highest BCUT2D eigenvalue weighted by atomic mass is 19.1. The number of carbonyl (C=O) groups excluding carboxylic acids is 1. The molecule has 33 heavy (non-hydrogen) atoms. The fourth-order valence-electron chi connectivity index (χ4n) is 5.14. The van der Waals surface area contributed by atoms with Crippen LogP contribution in [0.2, 0.25) is 0 Å². The highest BCUT2D eigenvalue weighted by Crippen LogP contribution is 2.48. The van der Waals surface area contributed by atoms with Crippen LogP contribution in [0.4, 0.5) is 4.39 Å². The fourth-order valence-corrected chi connectivity index (χ4v) is 5.14. The minimum absolute atomic E-state index is 0.111. The molecule has 2 atom stereocenters. The Labute approximate surface area is 194 Å². The molecule has 3 aromatic carbocycles. The van der Waals surface area contributed by atoms with Gasteiger partial charge in [-0.3, -0.25) is 4.79 Å². The highest BCUT2D eigenvalue weighted by Gasteiger charge is 2.44. The Morgan fingerprint density at radius 1 is 1.21 bits per heavy atom. The lowest BCUT2D eigenvalue weighted by Crippen LogP contribution is -2.30. The zero-order chi connectivity index (χ0) is 25.4. The van der Waals surface area contributed by atoms with Crippen LogP contribution < -0.4 is 5.73 Å². The molecule has 0 aliphatic carbocycles. The summed E-state index contributed by atoms with van der Waals surface area (Å²) in [5, 5.41) is 0. The van der Waals surface area contributed by atoms with Crippen molar-refractivity contribution in [1.29, 1.82) is 0 Å². The van der Waals surface area contributed by atoms with Crippen LogP contribution in [0.1, 0.15) is 55.5 Å². The molecule has 4 aromatic rings. The second-order valence-corrected chi connectivity index (χ2v) is 8.41. The molecule has 6 rings (SSSR count). The fraction of sp³-hybridized carbons (Fsp3) is 0.185. The Balaban J connectivity index is 1.61. The first kappa shape index (κ1) is 16.7. The Morgan fingerprint density at radius 3 is 2.79 bits per heavy atom. The smallest absolute Gasteiger partial charge is 0.254 e. The van der Waals surface area contributed by atoms with Gasteiger partial charge in [0.2, 0.25) is 0 Å². The van der Waals surface area contributed by atoms with Gasteiger partial charge < -0.3 is 15.2 Å². The quantitative estimate of drug-likeness (QED) is 0.471. The Bertz CT molecular complexity index is 1620. The Kier molecular flexibility index (Phi) is 3.54. The topological polar surface area (TPSA) is 64.2 Å². The van der Waals surface area contributed by atoms with Crippen LogP contribution >= 0.6 is 0 Å². The van der Waals surface area contributed by atoms with Gasteiger partial charge in [0.1, 0.15) is 11.6 Å². The van der Waals surface area contributed by atoms with Gasteiger partial charge in [-0.05, 0) is 41.5 Å². The zero-order valence-electron chi connectivity index (χ0n) is 20.5. The highest BCUT2D eigenvalue weighted by molar-refractivity contribution is 5.98. The first-order valence-corrected chi connectivity index (χ1v) is 10.7. The van der Waals surface area contributed by atoms with Gasteiger partial charge in [0.15, 0.2) is 0 Å². The van der Waals surface area contributed by atoms with E-state index in [-0.39, 0.29) is 24.0 Å². The molecule has 6 heteroatoms. The third-order valence-corrected chi connectivity index (χ3v) is 6.74. The number of nitrogens with two attached hydrogens (primary N) is 1. The molecule has 1 amide bonds. The first-order chi connectivity index (χ1) is 17.2. The number of benzene rings is 3. The van der Waals surface area contributed by atoms with E-state index in [1.165, 1.54) is 6.07 Å². The van der Waals surface area contributed by atoms with Gasteiger partial charge >= 0.3 is 0 Å². The van der Waals surface area contributed by atoms with E-state index in [1.807, 2.05) is 28.8 Å². The van der Waals surface area contributed by atoms with E-state index in [0.29, 0.717) is 40.0 Å². The van der Waals surface area contributed by atoms with E-state index in [2.05, 4.69) is 5.92 Å². The van der Waals surface area contributed by atoms with Gasteiger partial charge in [-0.25, -0.2) is 9.37 Å². The van der Waals surface area contributed by atoms with Crippen LogP contribution in [0.15, 0.2) is 54.6 Å². The van der Waals surface area contributed by atoms with Gasteiger partial charge in [0.05, 0.1) is 23.1 Å². The van der Waals surface area contributed by atoms with Crippen LogP contribution in [-0.2, 0) is 6.54 Å². The maximum atomic E-state index is 14.5. The van der Waals surface area contributed by atoms with Crippen molar-refractivity contribution in [2.24, 2.45) is 5.73 Å². The van der Waals surface area contributed by atoms with Crippen molar-refractivity contribution in [2.75, 3.05) is 6.98 Å². The summed E-state index contributed by atoms with van der Waals surface area (Å²) in [4.78, 5) is 19.2. The molecule has 2 bridgehead atoms. The maximum Gasteiger partial charge on any atom is 0.254 e. The van der Waals surface area contributed by atoms with Crippen molar-refractivity contribution in [3.8, 4) is 23.5 Å². The van der Waals surface area contributed by atoms with Crippen molar-refractivity contribution in [3.05, 3.63) is 88.5 Å². The normalized spacial score (nSPS) is 20.5. The van der Waals surface area contributed by atoms with E-state index in [0.717, 1.165) is 16.0 Å². The Morgan fingerprint density at radius 2 is 2.03 bits per heavy atom. The number of aromatic nitrogens is 2. The molecule has 5 nitrogen and oxygen atoms in total. The molecule has 0 unspecified atom stereocenters. The van der Waals surface area contributed by atoms with E-state index < -0.39 is 18.9 Å². The molecular weight excluding hydrogens is 415 g/mol. The summed E-state index contributed by atoms with van der Waals surface area (Å²) in [5.74, 6) is 2.21. The molecule has 162 valence electrons. The maximum absolute atomic E-state index is 14.5. The number of fused-ring (bicyclic) bond motifs is 9. The van der Waals surface area contributed by atoms with Gasteiger partial charge in [-0.2, -0.15) is 0 Å². The molecular formula is C27H21FN4O. The molecule has 2 aliphatic heterocycles. The molecule has 0 fully saturated rings. The van der Waals surface area contributed by atoms with Crippen LogP contribution in [-0.4, -0.2) is 27.3 Å². The third-order valence-electron chi connectivity index (χ3n) is 6.74. The molecule has 1 aromatic heterocycles. The number of terminal acetylenes is 1. The largest absolute Gasteiger partial charge is 0.331 e.